The molecule has 6 heteroatoms. The van der Waals surface area contributed by atoms with E-state index in [0.29, 0.717) is 17.2 Å². The van der Waals surface area contributed by atoms with E-state index < -0.39 is 0 Å². The molecule has 0 spiro atoms. The number of hydrazine groups is 1. The van der Waals surface area contributed by atoms with Gasteiger partial charge in [0, 0.05) is 12.1 Å². The molecule has 2 unspecified atom stereocenters. The number of nitrogens with zero attached hydrogens (tertiary/aromatic N) is 3. The summed E-state index contributed by atoms with van der Waals surface area (Å²) in [6, 6.07) is 1.28. The highest BCUT2D eigenvalue weighted by Gasteiger charge is 2.25. The molecular weight excluding hydrogens is 222 g/mol. The first-order valence-corrected chi connectivity index (χ1v) is 6.57. The highest BCUT2D eigenvalue weighted by molar-refractivity contribution is 7.15. The summed E-state index contributed by atoms with van der Waals surface area (Å²) in [4.78, 5) is 2.50. The van der Waals surface area contributed by atoms with Crippen LogP contribution in [0.2, 0.25) is 0 Å². The molecule has 3 N–H and O–H groups in total. The quantitative estimate of drug-likeness (QED) is 0.621. The number of anilines is 1. The normalized spacial score (nSPS) is 26.9. The lowest BCUT2D eigenvalue weighted by Crippen LogP contribution is -2.42. The second-order valence-electron chi connectivity index (χ2n) is 4.45. The fourth-order valence-electron chi connectivity index (χ4n) is 2.32. The molecule has 0 radical (unpaired) electrons. The third kappa shape index (κ3) is 2.50. The molecule has 1 saturated heterocycles. The van der Waals surface area contributed by atoms with Crippen LogP contribution in [0, 0.1) is 0 Å². The van der Waals surface area contributed by atoms with E-state index in [2.05, 4.69) is 34.4 Å². The number of likely N-dealkylation sites (tertiary alicyclic amines) is 1. The van der Waals surface area contributed by atoms with Crippen LogP contribution in [0.15, 0.2) is 0 Å². The second-order valence-corrected chi connectivity index (χ2v) is 5.51. The molecule has 0 aromatic carbocycles. The van der Waals surface area contributed by atoms with Crippen LogP contribution in [0.4, 0.5) is 5.13 Å². The Hall–Kier alpha value is -0.720. The van der Waals surface area contributed by atoms with Gasteiger partial charge in [0.15, 0.2) is 0 Å². The van der Waals surface area contributed by atoms with Gasteiger partial charge in [-0.25, -0.2) is 5.84 Å². The highest BCUT2D eigenvalue weighted by Crippen LogP contribution is 2.26. The average molecular weight is 241 g/mol. The predicted molar refractivity (Wildman–Crippen MR) is 66.0 cm³/mol. The molecule has 16 heavy (non-hydrogen) atoms. The van der Waals surface area contributed by atoms with Crippen molar-refractivity contribution >= 4 is 16.5 Å². The summed E-state index contributed by atoms with van der Waals surface area (Å²) >= 11 is 1.53. The Morgan fingerprint density at radius 1 is 1.38 bits per heavy atom. The SMILES string of the molecule is CC1CCCC(C)N1Cc1nnc(NN)s1. The molecule has 0 saturated carbocycles. The lowest BCUT2D eigenvalue weighted by Gasteiger charge is -2.38. The van der Waals surface area contributed by atoms with Gasteiger partial charge in [-0.2, -0.15) is 0 Å². The van der Waals surface area contributed by atoms with Gasteiger partial charge in [0.25, 0.3) is 0 Å². The van der Waals surface area contributed by atoms with Crippen LogP contribution in [-0.4, -0.2) is 27.2 Å². The van der Waals surface area contributed by atoms with Gasteiger partial charge in [-0.1, -0.05) is 17.8 Å². The largest absolute Gasteiger partial charge is 0.298 e. The van der Waals surface area contributed by atoms with Crippen LogP contribution < -0.4 is 11.3 Å². The second kappa shape index (κ2) is 5.07. The first kappa shape index (κ1) is 11.8. The molecule has 0 amide bonds. The number of hydrogen-bond acceptors (Lipinski definition) is 6. The topological polar surface area (TPSA) is 67.1 Å². The predicted octanol–water partition coefficient (Wildman–Crippen LogP) is 1.59. The van der Waals surface area contributed by atoms with E-state index in [1.807, 2.05) is 0 Å². The Balaban J connectivity index is 2.01. The summed E-state index contributed by atoms with van der Waals surface area (Å²) in [5.41, 5.74) is 2.53. The van der Waals surface area contributed by atoms with Crippen molar-refractivity contribution in [2.75, 3.05) is 5.43 Å². The van der Waals surface area contributed by atoms with Crippen LogP contribution in [0.3, 0.4) is 0 Å². The van der Waals surface area contributed by atoms with Gasteiger partial charge in [-0.3, -0.25) is 10.3 Å². The van der Waals surface area contributed by atoms with Crippen molar-refractivity contribution in [3.05, 3.63) is 5.01 Å². The van der Waals surface area contributed by atoms with Crippen molar-refractivity contribution in [3.8, 4) is 0 Å². The zero-order valence-corrected chi connectivity index (χ0v) is 10.6. The van der Waals surface area contributed by atoms with Gasteiger partial charge in [0.05, 0.1) is 6.54 Å². The number of piperidine rings is 1. The maximum Gasteiger partial charge on any atom is 0.219 e. The van der Waals surface area contributed by atoms with Gasteiger partial charge in [0.2, 0.25) is 5.13 Å². The summed E-state index contributed by atoms with van der Waals surface area (Å²) in [6.07, 6.45) is 3.90. The van der Waals surface area contributed by atoms with E-state index >= 15 is 0 Å². The van der Waals surface area contributed by atoms with E-state index in [0.717, 1.165) is 11.6 Å². The molecule has 0 aliphatic carbocycles. The highest BCUT2D eigenvalue weighted by atomic mass is 32.1. The molecule has 0 bridgehead atoms. The van der Waals surface area contributed by atoms with Gasteiger partial charge < -0.3 is 0 Å². The maximum absolute atomic E-state index is 5.30. The summed E-state index contributed by atoms with van der Waals surface area (Å²) in [7, 11) is 0. The van der Waals surface area contributed by atoms with E-state index in [1.165, 1.54) is 30.6 Å². The minimum absolute atomic E-state index is 0.641. The van der Waals surface area contributed by atoms with Crippen molar-refractivity contribution in [1.82, 2.24) is 15.1 Å². The molecular formula is C10H19N5S. The van der Waals surface area contributed by atoms with Crippen molar-refractivity contribution in [3.63, 3.8) is 0 Å². The molecule has 1 aliphatic rings. The van der Waals surface area contributed by atoms with Gasteiger partial charge in [-0.05, 0) is 26.7 Å². The minimum atomic E-state index is 0.641. The molecule has 2 rings (SSSR count). The molecule has 2 atom stereocenters. The smallest absolute Gasteiger partial charge is 0.219 e. The van der Waals surface area contributed by atoms with Crippen molar-refractivity contribution < 1.29 is 0 Å². The zero-order chi connectivity index (χ0) is 11.5. The third-order valence-corrected chi connectivity index (χ3v) is 4.12. The van der Waals surface area contributed by atoms with Gasteiger partial charge in [-0.15, -0.1) is 10.2 Å². The zero-order valence-electron chi connectivity index (χ0n) is 9.81. The van der Waals surface area contributed by atoms with Crippen LogP contribution >= 0.6 is 11.3 Å². The standard InChI is InChI=1S/C10H19N5S/c1-7-4-3-5-8(2)15(7)6-9-13-14-10(12-11)16-9/h7-8H,3-6,11H2,1-2H3,(H,12,14). The fraction of sp³-hybridized carbons (Fsp3) is 0.800. The number of nitrogens with one attached hydrogen (secondary N) is 1. The molecule has 1 fully saturated rings. The molecule has 5 nitrogen and oxygen atoms in total. The summed E-state index contributed by atoms with van der Waals surface area (Å²) in [6.45, 7) is 5.47. The van der Waals surface area contributed by atoms with Crippen LogP contribution in [-0.2, 0) is 6.54 Å². The Morgan fingerprint density at radius 3 is 2.62 bits per heavy atom. The number of aromatic nitrogens is 2. The monoisotopic (exact) mass is 241 g/mol. The van der Waals surface area contributed by atoms with Gasteiger partial charge >= 0.3 is 0 Å². The summed E-state index contributed by atoms with van der Waals surface area (Å²) in [5, 5.41) is 9.81. The molecule has 1 aromatic heterocycles. The molecule has 1 aliphatic heterocycles. The Morgan fingerprint density at radius 2 is 2.06 bits per heavy atom. The lowest BCUT2D eigenvalue weighted by atomic mass is 9.98. The maximum atomic E-state index is 5.30. The van der Waals surface area contributed by atoms with Crippen LogP contribution in [0.5, 0.6) is 0 Å². The summed E-state index contributed by atoms with van der Waals surface area (Å²) in [5.74, 6) is 5.30. The first-order chi connectivity index (χ1) is 7.70. The number of nitrogen functional groups attached to an aromatic ring is 1. The van der Waals surface area contributed by atoms with Crippen LogP contribution in [0.1, 0.15) is 38.1 Å². The number of hydrogen-bond donors (Lipinski definition) is 2. The minimum Gasteiger partial charge on any atom is -0.298 e. The molecule has 1 aromatic rings. The number of nitrogens with two attached hydrogens (primary N) is 1. The summed E-state index contributed by atoms with van der Waals surface area (Å²) < 4.78 is 0. The van der Waals surface area contributed by atoms with Crippen molar-refractivity contribution in [1.29, 1.82) is 0 Å². The van der Waals surface area contributed by atoms with Gasteiger partial charge in [0.1, 0.15) is 5.01 Å². The molecule has 90 valence electrons. The Kier molecular flexibility index (Phi) is 3.73. The third-order valence-electron chi connectivity index (χ3n) is 3.28. The van der Waals surface area contributed by atoms with Crippen molar-refractivity contribution in [2.24, 2.45) is 5.84 Å². The van der Waals surface area contributed by atoms with E-state index in [9.17, 15) is 0 Å². The van der Waals surface area contributed by atoms with E-state index in [1.54, 1.807) is 0 Å². The van der Waals surface area contributed by atoms with Crippen molar-refractivity contribution in [2.45, 2.75) is 51.7 Å². The van der Waals surface area contributed by atoms with E-state index in [-0.39, 0.29) is 0 Å². The van der Waals surface area contributed by atoms with E-state index in [4.69, 9.17) is 5.84 Å². The van der Waals surface area contributed by atoms with Crippen LogP contribution in [0.25, 0.3) is 0 Å². The number of rotatable bonds is 3. The fourth-order valence-corrected chi connectivity index (χ4v) is 2.98. The Labute approximate surface area is 100 Å². The Bertz CT molecular complexity index is 330. The molecule has 2 heterocycles. The average Bonchev–Trinajstić information content (AvgIpc) is 2.71. The lowest BCUT2D eigenvalue weighted by molar-refractivity contribution is 0.0949. The first-order valence-electron chi connectivity index (χ1n) is 5.75.